The summed E-state index contributed by atoms with van der Waals surface area (Å²) in [7, 11) is -6.44. The van der Waals surface area contributed by atoms with Gasteiger partial charge in [-0.15, -0.1) is 0 Å². The number of sulfonamides is 1. The van der Waals surface area contributed by atoms with Crippen molar-refractivity contribution >= 4 is 19.9 Å². The molecule has 0 saturated carbocycles. The molecule has 2 aromatic rings. The average Bonchev–Trinajstić information content (AvgIpc) is 2.55. The Hall–Kier alpha value is -1.97. The minimum Gasteiger partial charge on any atom is -0.489 e. The van der Waals surface area contributed by atoms with E-state index in [0.717, 1.165) is 10.6 Å². The second kappa shape index (κ2) is 7.51. The smallest absolute Gasteiger partial charge is 0.244 e. The van der Waals surface area contributed by atoms with E-state index in [9.17, 15) is 21.2 Å². The van der Waals surface area contributed by atoms with Gasteiger partial charge in [-0.3, -0.25) is 0 Å². The van der Waals surface area contributed by atoms with Crippen LogP contribution < -0.4 is 4.74 Å². The van der Waals surface area contributed by atoms with Gasteiger partial charge in [0, 0.05) is 19.8 Å². The molecular formula is C16H18FNO5S2. The molecule has 9 heteroatoms. The summed E-state index contributed by atoms with van der Waals surface area (Å²) in [5.41, 5.74) is 0. The highest BCUT2D eigenvalue weighted by Gasteiger charge is 2.27. The summed E-state index contributed by atoms with van der Waals surface area (Å²) in [6.45, 7) is -0.160. The Balaban J connectivity index is 2.16. The predicted molar refractivity (Wildman–Crippen MR) is 91.3 cm³/mol. The van der Waals surface area contributed by atoms with Gasteiger partial charge < -0.3 is 4.74 Å². The SMILES string of the molecule is CN(CCOc1ccccc1F)S(=O)(=O)c1ccccc1S(C)(=O)=O. The molecule has 0 aliphatic heterocycles. The first-order chi connectivity index (χ1) is 11.6. The molecule has 0 aliphatic rings. The van der Waals surface area contributed by atoms with Gasteiger partial charge in [0.05, 0.1) is 4.90 Å². The number of ether oxygens (including phenoxy) is 1. The van der Waals surface area contributed by atoms with Crippen LogP contribution in [0.3, 0.4) is 0 Å². The summed E-state index contributed by atoms with van der Waals surface area (Å²) in [5.74, 6) is -0.528. The van der Waals surface area contributed by atoms with Crippen LogP contribution in [0.15, 0.2) is 58.3 Å². The lowest BCUT2D eigenvalue weighted by Gasteiger charge is -2.19. The highest BCUT2D eigenvalue weighted by atomic mass is 32.2. The normalized spacial score (nSPS) is 12.3. The molecule has 0 atom stereocenters. The first-order valence-electron chi connectivity index (χ1n) is 7.27. The molecule has 0 bridgehead atoms. The number of nitrogens with zero attached hydrogens (tertiary/aromatic N) is 1. The molecule has 0 saturated heterocycles. The average molecular weight is 387 g/mol. The van der Waals surface area contributed by atoms with Crippen LogP contribution in [0.1, 0.15) is 0 Å². The van der Waals surface area contributed by atoms with Crippen molar-refractivity contribution in [3.63, 3.8) is 0 Å². The van der Waals surface area contributed by atoms with E-state index in [1.165, 1.54) is 49.5 Å². The Labute approximate surface area is 146 Å². The van der Waals surface area contributed by atoms with Gasteiger partial charge in [-0.1, -0.05) is 24.3 Å². The van der Waals surface area contributed by atoms with E-state index in [1.54, 1.807) is 6.07 Å². The second-order valence-electron chi connectivity index (χ2n) is 5.32. The third-order valence-electron chi connectivity index (χ3n) is 3.44. The number of sulfone groups is 1. The molecule has 136 valence electrons. The van der Waals surface area contributed by atoms with Gasteiger partial charge >= 0.3 is 0 Å². The van der Waals surface area contributed by atoms with E-state index in [-0.39, 0.29) is 28.7 Å². The van der Waals surface area contributed by atoms with Crippen molar-refractivity contribution < 1.29 is 26.0 Å². The van der Waals surface area contributed by atoms with E-state index < -0.39 is 25.7 Å². The fraction of sp³-hybridized carbons (Fsp3) is 0.250. The summed E-state index contributed by atoms with van der Waals surface area (Å²) in [6, 6.07) is 11.2. The van der Waals surface area contributed by atoms with E-state index in [4.69, 9.17) is 4.74 Å². The summed E-state index contributed by atoms with van der Waals surface area (Å²) >= 11 is 0. The largest absolute Gasteiger partial charge is 0.489 e. The van der Waals surface area contributed by atoms with Crippen molar-refractivity contribution in [2.75, 3.05) is 26.5 Å². The molecule has 0 unspecified atom stereocenters. The topological polar surface area (TPSA) is 80.8 Å². The highest BCUT2D eigenvalue weighted by molar-refractivity contribution is 7.93. The number of benzene rings is 2. The zero-order chi connectivity index (χ0) is 18.7. The van der Waals surface area contributed by atoms with Crippen molar-refractivity contribution in [2.45, 2.75) is 9.79 Å². The molecule has 0 N–H and O–H groups in total. The fourth-order valence-corrected chi connectivity index (χ4v) is 4.86. The minimum atomic E-state index is -4.04. The highest BCUT2D eigenvalue weighted by Crippen LogP contribution is 2.23. The van der Waals surface area contributed by atoms with Gasteiger partial charge in [0.1, 0.15) is 11.5 Å². The third-order valence-corrected chi connectivity index (χ3v) is 6.64. The van der Waals surface area contributed by atoms with Gasteiger partial charge in [0.15, 0.2) is 21.4 Å². The number of hydrogen-bond donors (Lipinski definition) is 0. The molecule has 6 nitrogen and oxygen atoms in total. The molecular weight excluding hydrogens is 369 g/mol. The first-order valence-corrected chi connectivity index (χ1v) is 10.6. The van der Waals surface area contributed by atoms with Gasteiger partial charge in [-0.05, 0) is 24.3 Å². The Morgan fingerprint density at radius 2 is 1.52 bits per heavy atom. The van der Waals surface area contributed by atoms with E-state index in [2.05, 4.69) is 0 Å². The monoisotopic (exact) mass is 387 g/mol. The van der Waals surface area contributed by atoms with Crippen LogP contribution in [0.2, 0.25) is 0 Å². The van der Waals surface area contributed by atoms with Crippen molar-refractivity contribution in [1.82, 2.24) is 4.31 Å². The predicted octanol–water partition coefficient (Wildman–Crippen LogP) is 1.93. The van der Waals surface area contributed by atoms with E-state index in [0.29, 0.717) is 0 Å². The van der Waals surface area contributed by atoms with Crippen LogP contribution >= 0.6 is 0 Å². The van der Waals surface area contributed by atoms with Crippen LogP contribution in [0, 0.1) is 5.82 Å². The zero-order valence-corrected chi connectivity index (χ0v) is 15.3. The summed E-state index contributed by atoms with van der Waals surface area (Å²) < 4.78 is 68.6. The zero-order valence-electron chi connectivity index (χ0n) is 13.7. The lowest BCUT2D eigenvalue weighted by atomic mass is 10.3. The van der Waals surface area contributed by atoms with Crippen LogP contribution in [0.4, 0.5) is 4.39 Å². The molecule has 0 aromatic heterocycles. The number of para-hydroxylation sites is 1. The molecule has 0 radical (unpaired) electrons. The molecule has 0 spiro atoms. The first kappa shape index (κ1) is 19.4. The number of hydrogen-bond acceptors (Lipinski definition) is 5. The van der Waals surface area contributed by atoms with Crippen molar-refractivity contribution in [3.05, 3.63) is 54.3 Å². The summed E-state index contributed by atoms with van der Waals surface area (Å²) in [5, 5.41) is 0. The Bertz CT molecular complexity index is 958. The summed E-state index contributed by atoms with van der Waals surface area (Å²) in [6.07, 6.45) is 0.947. The molecule has 0 aliphatic carbocycles. The number of likely N-dealkylation sites (N-methyl/N-ethyl adjacent to an activating group) is 1. The number of rotatable bonds is 7. The van der Waals surface area contributed by atoms with E-state index in [1.807, 2.05) is 0 Å². The second-order valence-corrected chi connectivity index (χ2v) is 9.32. The van der Waals surface area contributed by atoms with Crippen molar-refractivity contribution in [1.29, 1.82) is 0 Å². The minimum absolute atomic E-state index is 0.0184. The third kappa shape index (κ3) is 4.56. The maximum atomic E-state index is 13.5. The lowest BCUT2D eigenvalue weighted by molar-refractivity contribution is 0.275. The lowest BCUT2D eigenvalue weighted by Crippen LogP contribution is -2.32. The van der Waals surface area contributed by atoms with Gasteiger partial charge in [-0.2, -0.15) is 4.31 Å². The van der Waals surface area contributed by atoms with Crippen LogP contribution in [-0.4, -0.2) is 47.6 Å². The molecule has 0 amide bonds. The van der Waals surface area contributed by atoms with Crippen molar-refractivity contribution in [2.24, 2.45) is 0 Å². The van der Waals surface area contributed by atoms with Crippen LogP contribution in [0.25, 0.3) is 0 Å². The number of halogens is 1. The maximum Gasteiger partial charge on any atom is 0.244 e. The quantitative estimate of drug-likeness (QED) is 0.725. The maximum absolute atomic E-state index is 13.5. The van der Waals surface area contributed by atoms with Gasteiger partial charge in [-0.25, -0.2) is 21.2 Å². The van der Waals surface area contributed by atoms with Crippen molar-refractivity contribution in [3.8, 4) is 5.75 Å². The van der Waals surface area contributed by atoms with Gasteiger partial charge in [0.25, 0.3) is 0 Å². The van der Waals surface area contributed by atoms with E-state index >= 15 is 0 Å². The summed E-state index contributed by atoms with van der Waals surface area (Å²) in [4.78, 5) is -0.567. The fourth-order valence-electron chi connectivity index (χ4n) is 2.10. The standard InChI is InChI=1S/C16H18FNO5S2/c1-18(11-12-23-14-8-4-3-7-13(14)17)25(21,22)16-10-6-5-9-15(16)24(2,19)20/h3-10H,11-12H2,1-2H3. The van der Waals surface area contributed by atoms with Gasteiger partial charge in [0.2, 0.25) is 10.0 Å². The molecule has 2 aromatic carbocycles. The molecule has 0 fully saturated rings. The Kier molecular flexibility index (Phi) is 5.81. The van der Waals surface area contributed by atoms with Crippen LogP contribution in [0.5, 0.6) is 5.75 Å². The Morgan fingerprint density at radius 3 is 2.12 bits per heavy atom. The molecule has 0 heterocycles. The van der Waals surface area contributed by atoms with Crippen LogP contribution in [-0.2, 0) is 19.9 Å². The molecule has 2 rings (SSSR count). The molecule has 25 heavy (non-hydrogen) atoms. The Morgan fingerprint density at radius 1 is 0.960 bits per heavy atom.